The van der Waals surface area contributed by atoms with Gasteiger partial charge in [-0.15, -0.1) is 0 Å². The van der Waals surface area contributed by atoms with Gasteiger partial charge in [-0.1, -0.05) is 41.9 Å². The highest BCUT2D eigenvalue weighted by Gasteiger charge is 2.30. The van der Waals surface area contributed by atoms with Gasteiger partial charge in [-0.05, 0) is 42.2 Å². The Morgan fingerprint density at radius 2 is 1.89 bits per heavy atom. The second-order valence-electron chi connectivity index (χ2n) is 8.44. The van der Waals surface area contributed by atoms with Crippen molar-refractivity contribution >= 4 is 17.5 Å². The molecule has 1 aliphatic rings. The van der Waals surface area contributed by atoms with E-state index in [0.717, 1.165) is 30.5 Å². The van der Waals surface area contributed by atoms with E-state index >= 15 is 0 Å². The molecular weight excluding hydrogens is 483 g/mol. The van der Waals surface area contributed by atoms with Gasteiger partial charge in [0.25, 0.3) is 5.91 Å². The Labute approximate surface area is 206 Å². The average molecular weight is 508 g/mol. The Bertz CT molecular complexity index is 1130. The quantitative estimate of drug-likeness (QED) is 0.416. The van der Waals surface area contributed by atoms with Crippen LogP contribution in [0.4, 0.5) is 13.2 Å². The fraction of sp³-hybridized carbons (Fsp3) is 0.360. The number of carbonyl (C=O) groups is 1. The number of nitrogens with zero attached hydrogens (tertiary/aromatic N) is 2. The lowest BCUT2D eigenvalue weighted by Crippen LogP contribution is -2.32. The maximum atomic E-state index is 13.2. The summed E-state index contributed by atoms with van der Waals surface area (Å²) in [6.07, 6.45) is -1.26. The molecule has 1 aromatic heterocycles. The normalized spacial score (nSPS) is 16.1. The van der Waals surface area contributed by atoms with Crippen molar-refractivity contribution in [3.05, 3.63) is 88.1 Å². The summed E-state index contributed by atoms with van der Waals surface area (Å²) in [6, 6.07) is 12.4. The van der Waals surface area contributed by atoms with Gasteiger partial charge in [0.1, 0.15) is 6.26 Å². The molecule has 1 aliphatic heterocycles. The van der Waals surface area contributed by atoms with Crippen LogP contribution in [0.25, 0.3) is 0 Å². The molecule has 0 bridgehead atoms. The van der Waals surface area contributed by atoms with Crippen LogP contribution in [0, 0.1) is 0 Å². The van der Waals surface area contributed by atoms with Crippen LogP contribution in [0.2, 0.25) is 5.02 Å². The van der Waals surface area contributed by atoms with Crippen molar-refractivity contribution in [3.8, 4) is 0 Å². The Morgan fingerprint density at radius 1 is 1.11 bits per heavy atom. The van der Waals surface area contributed by atoms with Crippen molar-refractivity contribution < 1.29 is 27.1 Å². The van der Waals surface area contributed by atoms with E-state index in [-0.39, 0.29) is 36.7 Å². The van der Waals surface area contributed by atoms with Gasteiger partial charge in [0.05, 0.1) is 18.2 Å². The van der Waals surface area contributed by atoms with Crippen LogP contribution in [0.3, 0.4) is 0 Å². The molecule has 1 atom stereocenters. The molecule has 186 valence electrons. The van der Waals surface area contributed by atoms with Crippen LogP contribution < -0.4 is 5.32 Å². The number of oxazole rings is 1. The van der Waals surface area contributed by atoms with E-state index in [1.807, 2.05) is 17.0 Å². The fourth-order valence-corrected chi connectivity index (χ4v) is 4.03. The average Bonchev–Trinajstić information content (AvgIpc) is 3.51. The standard InChI is InChI=1S/C25H25ClF3N3O3/c26-20-8-6-17(7-9-20)13-32(14-18-3-1-4-19(11-18)25(27,28)29)15-23-31-22(16-35-23)24(33)30-12-21-5-2-10-34-21/h1,3-4,6-9,11,16,21H,2,5,10,12-15H2,(H,30,33)/t21-/m1/s1. The number of rotatable bonds is 9. The molecule has 10 heteroatoms. The Balaban J connectivity index is 1.46. The van der Waals surface area contributed by atoms with Crippen LogP contribution in [0.15, 0.2) is 59.2 Å². The third-order valence-corrected chi connectivity index (χ3v) is 5.89. The van der Waals surface area contributed by atoms with Crippen LogP contribution >= 0.6 is 11.6 Å². The van der Waals surface area contributed by atoms with Crippen molar-refractivity contribution in [2.45, 2.75) is 44.8 Å². The summed E-state index contributed by atoms with van der Waals surface area (Å²) >= 11 is 5.98. The minimum atomic E-state index is -4.43. The number of ether oxygens (including phenoxy) is 1. The van der Waals surface area contributed by atoms with E-state index in [9.17, 15) is 18.0 Å². The van der Waals surface area contributed by atoms with Crippen molar-refractivity contribution in [1.82, 2.24) is 15.2 Å². The molecule has 0 aliphatic carbocycles. The molecule has 1 amide bonds. The number of aromatic nitrogens is 1. The van der Waals surface area contributed by atoms with Crippen molar-refractivity contribution in [3.63, 3.8) is 0 Å². The van der Waals surface area contributed by atoms with Crippen LogP contribution in [0.1, 0.15) is 45.9 Å². The SMILES string of the molecule is O=C(NC[C@H]1CCCO1)c1coc(CN(Cc2ccc(Cl)cc2)Cc2cccc(C(F)(F)F)c2)n1. The van der Waals surface area contributed by atoms with E-state index < -0.39 is 11.7 Å². The molecule has 0 unspecified atom stereocenters. The molecule has 0 saturated carbocycles. The van der Waals surface area contributed by atoms with Crippen molar-refractivity contribution in [2.75, 3.05) is 13.2 Å². The summed E-state index contributed by atoms with van der Waals surface area (Å²) in [4.78, 5) is 18.6. The first-order chi connectivity index (χ1) is 16.8. The first-order valence-electron chi connectivity index (χ1n) is 11.2. The van der Waals surface area contributed by atoms with Gasteiger partial charge in [0, 0.05) is 31.3 Å². The monoisotopic (exact) mass is 507 g/mol. The van der Waals surface area contributed by atoms with Gasteiger partial charge in [-0.2, -0.15) is 13.2 Å². The van der Waals surface area contributed by atoms with Gasteiger partial charge in [-0.3, -0.25) is 9.69 Å². The lowest BCUT2D eigenvalue weighted by atomic mass is 10.1. The molecule has 6 nitrogen and oxygen atoms in total. The molecule has 1 fully saturated rings. The molecule has 2 heterocycles. The molecule has 3 aromatic rings. The second-order valence-corrected chi connectivity index (χ2v) is 8.88. The first kappa shape index (κ1) is 25.2. The van der Waals surface area contributed by atoms with E-state index in [1.165, 1.54) is 12.3 Å². The van der Waals surface area contributed by atoms with E-state index in [4.69, 9.17) is 20.8 Å². The Hall–Kier alpha value is -2.88. The molecule has 0 radical (unpaired) electrons. The number of nitrogens with one attached hydrogen (secondary N) is 1. The number of hydrogen-bond acceptors (Lipinski definition) is 5. The molecule has 35 heavy (non-hydrogen) atoms. The summed E-state index contributed by atoms with van der Waals surface area (Å²) in [5.41, 5.74) is 0.851. The molecule has 1 saturated heterocycles. The summed E-state index contributed by atoms with van der Waals surface area (Å²) in [7, 11) is 0. The predicted octanol–water partition coefficient (Wildman–Crippen LogP) is 5.46. The highest BCUT2D eigenvalue weighted by molar-refractivity contribution is 6.30. The maximum absolute atomic E-state index is 13.2. The van der Waals surface area contributed by atoms with Gasteiger partial charge >= 0.3 is 6.18 Å². The zero-order chi connectivity index (χ0) is 24.8. The lowest BCUT2D eigenvalue weighted by molar-refractivity contribution is -0.137. The highest BCUT2D eigenvalue weighted by atomic mass is 35.5. The van der Waals surface area contributed by atoms with Crippen LogP contribution in [-0.2, 0) is 30.5 Å². The summed E-state index contributed by atoms with van der Waals surface area (Å²) in [5.74, 6) is -0.0779. The number of halogens is 4. The third-order valence-electron chi connectivity index (χ3n) is 5.64. The van der Waals surface area contributed by atoms with Gasteiger partial charge in [0.2, 0.25) is 5.89 Å². The van der Waals surface area contributed by atoms with Gasteiger partial charge < -0.3 is 14.5 Å². The predicted molar refractivity (Wildman–Crippen MR) is 124 cm³/mol. The lowest BCUT2D eigenvalue weighted by Gasteiger charge is -2.21. The minimum absolute atomic E-state index is 0.00708. The first-order valence-corrected chi connectivity index (χ1v) is 11.6. The number of hydrogen-bond donors (Lipinski definition) is 1. The number of alkyl halides is 3. The summed E-state index contributed by atoms with van der Waals surface area (Å²) < 4.78 is 50.6. The minimum Gasteiger partial charge on any atom is -0.447 e. The fourth-order valence-electron chi connectivity index (χ4n) is 3.90. The highest BCUT2D eigenvalue weighted by Crippen LogP contribution is 2.30. The Kier molecular flexibility index (Phi) is 8.10. The van der Waals surface area contributed by atoms with Crippen molar-refractivity contribution in [2.24, 2.45) is 0 Å². The van der Waals surface area contributed by atoms with Gasteiger partial charge in [0.15, 0.2) is 5.69 Å². The zero-order valence-corrected chi connectivity index (χ0v) is 19.6. The summed E-state index contributed by atoms with van der Waals surface area (Å²) in [5, 5.41) is 3.38. The number of carbonyl (C=O) groups excluding carboxylic acids is 1. The molecule has 1 N–H and O–H groups in total. The Morgan fingerprint density at radius 3 is 2.60 bits per heavy atom. The summed E-state index contributed by atoms with van der Waals surface area (Å²) in [6.45, 7) is 1.92. The van der Waals surface area contributed by atoms with E-state index in [2.05, 4.69) is 10.3 Å². The number of amides is 1. The molecule has 2 aromatic carbocycles. The van der Waals surface area contributed by atoms with E-state index in [0.29, 0.717) is 30.3 Å². The topological polar surface area (TPSA) is 67.6 Å². The third kappa shape index (κ3) is 7.30. The smallest absolute Gasteiger partial charge is 0.416 e. The largest absolute Gasteiger partial charge is 0.447 e. The van der Waals surface area contributed by atoms with Crippen molar-refractivity contribution in [1.29, 1.82) is 0 Å². The molecule has 4 rings (SSSR count). The molecular formula is C25H25ClF3N3O3. The van der Waals surface area contributed by atoms with Crippen LogP contribution in [0.5, 0.6) is 0 Å². The number of benzene rings is 2. The maximum Gasteiger partial charge on any atom is 0.416 e. The van der Waals surface area contributed by atoms with E-state index in [1.54, 1.807) is 18.2 Å². The van der Waals surface area contributed by atoms with Crippen LogP contribution in [-0.4, -0.2) is 35.0 Å². The van der Waals surface area contributed by atoms with Gasteiger partial charge in [-0.25, -0.2) is 4.98 Å². The zero-order valence-electron chi connectivity index (χ0n) is 18.9. The second kappa shape index (κ2) is 11.2. The molecule has 0 spiro atoms.